The van der Waals surface area contributed by atoms with E-state index < -0.39 is 16.6 Å². The highest BCUT2D eigenvalue weighted by molar-refractivity contribution is 5.95. The molecule has 1 fully saturated rings. The maximum atomic E-state index is 12.0. The number of nitrogens with zero attached hydrogens (tertiary/aromatic N) is 2. The fourth-order valence-corrected chi connectivity index (χ4v) is 2.94. The molecular weight excluding hydrogens is 338 g/mol. The Morgan fingerprint density at radius 1 is 1.35 bits per heavy atom. The summed E-state index contributed by atoms with van der Waals surface area (Å²) >= 11 is 0. The van der Waals surface area contributed by atoms with Crippen LogP contribution in [0.2, 0.25) is 0 Å². The second-order valence-electron chi connectivity index (χ2n) is 7.45. The molecule has 8 heteroatoms. The SMILES string of the molecule is CC(=O)c1ccc(N2CCCC(NC(=O)OC(C)(C)C)C2)c([N+](=O)[O-])c1. The summed E-state index contributed by atoms with van der Waals surface area (Å²) < 4.78 is 5.27. The van der Waals surface area contributed by atoms with Crippen LogP contribution in [0, 0.1) is 10.1 Å². The highest BCUT2D eigenvalue weighted by Crippen LogP contribution is 2.31. The van der Waals surface area contributed by atoms with Gasteiger partial charge in [0.2, 0.25) is 0 Å². The van der Waals surface area contributed by atoms with Gasteiger partial charge in [-0.2, -0.15) is 0 Å². The van der Waals surface area contributed by atoms with Crippen molar-refractivity contribution in [2.24, 2.45) is 0 Å². The maximum Gasteiger partial charge on any atom is 0.407 e. The van der Waals surface area contributed by atoms with E-state index >= 15 is 0 Å². The highest BCUT2D eigenvalue weighted by atomic mass is 16.6. The van der Waals surface area contributed by atoms with Gasteiger partial charge in [0.15, 0.2) is 5.78 Å². The Kier molecular flexibility index (Phi) is 5.84. The van der Waals surface area contributed by atoms with Crippen molar-refractivity contribution in [3.8, 4) is 0 Å². The predicted molar refractivity (Wildman–Crippen MR) is 97.7 cm³/mol. The van der Waals surface area contributed by atoms with E-state index in [9.17, 15) is 19.7 Å². The molecule has 26 heavy (non-hydrogen) atoms. The van der Waals surface area contributed by atoms with E-state index in [0.717, 1.165) is 12.8 Å². The van der Waals surface area contributed by atoms with E-state index in [4.69, 9.17) is 4.74 Å². The molecule has 1 N–H and O–H groups in total. The lowest BCUT2D eigenvalue weighted by Gasteiger charge is -2.34. The van der Waals surface area contributed by atoms with Gasteiger partial charge in [-0.25, -0.2) is 4.79 Å². The lowest BCUT2D eigenvalue weighted by molar-refractivity contribution is -0.384. The normalized spacial score (nSPS) is 17.5. The molecule has 1 aliphatic rings. The first-order valence-corrected chi connectivity index (χ1v) is 8.60. The minimum absolute atomic E-state index is 0.101. The third-order valence-corrected chi connectivity index (χ3v) is 4.06. The Morgan fingerprint density at radius 2 is 2.04 bits per heavy atom. The minimum atomic E-state index is -0.584. The molecule has 2 rings (SSSR count). The molecule has 0 aromatic heterocycles. The first-order chi connectivity index (χ1) is 12.1. The molecule has 1 unspecified atom stereocenters. The summed E-state index contributed by atoms with van der Waals surface area (Å²) in [6.07, 6.45) is 1.06. The molecule has 1 amide bonds. The van der Waals surface area contributed by atoms with Gasteiger partial charge in [-0.3, -0.25) is 14.9 Å². The van der Waals surface area contributed by atoms with Gasteiger partial charge in [0.25, 0.3) is 5.69 Å². The number of hydrogen-bond donors (Lipinski definition) is 1. The molecular formula is C18H25N3O5. The molecule has 0 saturated carbocycles. The minimum Gasteiger partial charge on any atom is -0.444 e. The number of hydrogen-bond acceptors (Lipinski definition) is 6. The summed E-state index contributed by atoms with van der Waals surface area (Å²) in [6, 6.07) is 4.34. The maximum absolute atomic E-state index is 12.0. The second-order valence-corrected chi connectivity index (χ2v) is 7.45. The Balaban J connectivity index is 2.15. The van der Waals surface area contributed by atoms with Crippen LogP contribution in [0.4, 0.5) is 16.2 Å². The molecule has 0 aliphatic carbocycles. The Hall–Kier alpha value is -2.64. The van der Waals surface area contributed by atoms with Crippen LogP contribution in [0.3, 0.4) is 0 Å². The van der Waals surface area contributed by atoms with Gasteiger partial charge >= 0.3 is 6.09 Å². The highest BCUT2D eigenvalue weighted by Gasteiger charge is 2.28. The molecule has 142 valence electrons. The smallest absolute Gasteiger partial charge is 0.407 e. The van der Waals surface area contributed by atoms with E-state index in [1.54, 1.807) is 32.9 Å². The van der Waals surface area contributed by atoms with Crippen LogP contribution in [0.5, 0.6) is 0 Å². The molecule has 0 spiro atoms. The zero-order valence-corrected chi connectivity index (χ0v) is 15.6. The first kappa shape index (κ1) is 19.7. The number of nitro benzene ring substituents is 1. The number of carbonyl (C=O) groups is 2. The Morgan fingerprint density at radius 3 is 2.62 bits per heavy atom. The number of nitro groups is 1. The summed E-state index contributed by atoms with van der Waals surface area (Å²) in [5.74, 6) is -0.220. The topological polar surface area (TPSA) is 102 Å². The summed E-state index contributed by atoms with van der Waals surface area (Å²) in [5, 5.41) is 14.3. The van der Waals surface area contributed by atoms with Crippen LogP contribution in [0.1, 0.15) is 50.9 Å². The van der Waals surface area contributed by atoms with Gasteiger partial charge in [-0.05, 0) is 52.7 Å². The molecule has 0 bridgehead atoms. The van der Waals surface area contributed by atoms with Crippen LogP contribution in [-0.2, 0) is 4.74 Å². The lowest BCUT2D eigenvalue weighted by atomic mass is 10.0. The number of amides is 1. The summed E-state index contributed by atoms with van der Waals surface area (Å²) in [5.41, 5.74) is 0.0759. The molecule has 8 nitrogen and oxygen atoms in total. The molecule has 1 saturated heterocycles. The first-order valence-electron chi connectivity index (χ1n) is 8.60. The quantitative estimate of drug-likeness (QED) is 0.500. The van der Waals surface area contributed by atoms with E-state index in [1.165, 1.54) is 13.0 Å². The standard InChI is InChI=1S/C18H25N3O5/c1-12(22)13-7-8-15(16(10-13)21(24)25)20-9-5-6-14(11-20)19-17(23)26-18(2,3)4/h7-8,10,14H,5-6,9,11H2,1-4H3,(H,19,23). The van der Waals surface area contributed by atoms with Crippen molar-refractivity contribution in [1.82, 2.24) is 5.32 Å². The average molecular weight is 363 g/mol. The third kappa shape index (κ3) is 5.18. The van der Waals surface area contributed by atoms with Crippen LogP contribution in [0.25, 0.3) is 0 Å². The molecule has 1 heterocycles. The number of anilines is 1. The zero-order chi connectivity index (χ0) is 19.5. The molecule has 1 aliphatic heterocycles. The molecule has 1 aromatic carbocycles. The summed E-state index contributed by atoms with van der Waals surface area (Å²) in [6.45, 7) is 7.84. The van der Waals surface area contributed by atoms with E-state index in [2.05, 4.69) is 5.32 Å². The van der Waals surface area contributed by atoms with Crippen molar-refractivity contribution in [2.45, 2.75) is 52.2 Å². The number of nitrogens with one attached hydrogen (secondary N) is 1. The number of alkyl carbamates (subject to hydrolysis) is 1. The summed E-state index contributed by atoms with van der Waals surface area (Å²) in [4.78, 5) is 36.3. The van der Waals surface area contributed by atoms with E-state index in [1.807, 2.05) is 4.90 Å². The van der Waals surface area contributed by atoms with Crippen molar-refractivity contribution >= 4 is 23.3 Å². The second kappa shape index (κ2) is 7.72. The van der Waals surface area contributed by atoms with Crippen LogP contribution in [0.15, 0.2) is 18.2 Å². The third-order valence-electron chi connectivity index (χ3n) is 4.06. The van der Waals surface area contributed by atoms with E-state index in [-0.39, 0.29) is 17.5 Å². The predicted octanol–water partition coefficient (Wildman–Crippen LogP) is 3.29. The largest absolute Gasteiger partial charge is 0.444 e. The number of benzene rings is 1. The van der Waals surface area contributed by atoms with Gasteiger partial charge in [0, 0.05) is 30.8 Å². The van der Waals surface area contributed by atoms with Gasteiger partial charge < -0.3 is 15.0 Å². The number of piperidine rings is 1. The van der Waals surface area contributed by atoms with Crippen molar-refractivity contribution in [2.75, 3.05) is 18.0 Å². The zero-order valence-electron chi connectivity index (χ0n) is 15.6. The molecule has 1 aromatic rings. The monoisotopic (exact) mass is 363 g/mol. The lowest BCUT2D eigenvalue weighted by Crippen LogP contribution is -2.49. The number of Topliss-reactive ketones (excluding diaryl/α,β-unsaturated/α-hetero) is 1. The van der Waals surface area contributed by atoms with Gasteiger partial charge in [0.1, 0.15) is 11.3 Å². The number of ether oxygens (including phenoxy) is 1. The van der Waals surface area contributed by atoms with Crippen molar-refractivity contribution < 1.29 is 19.2 Å². The summed E-state index contributed by atoms with van der Waals surface area (Å²) in [7, 11) is 0. The van der Waals surface area contributed by atoms with Crippen molar-refractivity contribution in [1.29, 1.82) is 0 Å². The Labute approximate surface area is 152 Å². The average Bonchev–Trinajstić information content (AvgIpc) is 2.52. The fourth-order valence-electron chi connectivity index (χ4n) is 2.94. The number of carbonyl (C=O) groups excluding carboxylic acids is 2. The molecule has 0 radical (unpaired) electrons. The van der Waals surface area contributed by atoms with Crippen LogP contribution in [-0.4, -0.2) is 41.5 Å². The van der Waals surface area contributed by atoms with Gasteiger partial charge in [0.05, 0.1) is 4.92 Å². The number of ketones is 1. The van der Waals surface area contributed by atoms with Gasteiger partial charge in [-0.15, -0.1) is 0 Å². The van der Waals surface area contributed by atoms with Crippen LogP contribution >= 0.6 is 0 Å². The van der Waals surface area contributed by atoms with Crippen LogP contribution < -0.4 is 10.2 Å². The number of rotatable bonds is 4. The van der Waals surface area contributed by atoms with Gasteiger partial charge in [-0.1, -0.05) is 0 Å². The fraction of sp³-hybridized carbons (Fsp3) is 0.556. The van der Waals surface area contributed by atoms with Crippen molar-refractivity contribution in [3.63, 3.8) is 0 Å². The van der Waals surface area contributed by atoms with Crippen molar-refractivity contribution in [3.05, 3.63) is 33.9 Å². The molecule has 1 atom stereocenters. The Bertz CT molecular complexity index is 711. The van der Waals surface area contributed by atoms with E-state index in [0.29, 0.717) is 24.3 Å².